The van der Waals surface area contributed by atoms with Crippen molar-refractivity contribution in [2.75, 3.05) is 18.0 Å². The molecule has 0 amide bonds. The van der Waals surface area contributed by atoms with Crippen molar-refractivity contribution in [3.05, 3.63) is 39.4 Å². The minimum Gasteiger partial charge on any atom is -0.477 e. The van der Waals surface area contributed by atoms with Crippen LogP contribution in [0, 0.1) is 23.1 Å². The monoisotopic (exact) mass is 428 g/mol. The second kappa shape index (κ2) is 6.76. The number of hydrogen-bond acceptors (Lipinski definition) is 5. The van der Waals surface area contributed by atoms with E-state index in [0.717, 1.165) is 37.9 Å². The van der Waals surface area contributed by atoms with Crippen LogP contribution in [0.25, 0.3) is 10.9 Å². The minimum atomic E-state index is -1.48. The van der Waals surface area contributed by atoms with Gasteiger partial charge in [0.15, 0.2) is 0 Å². The summed E-state index contributed by atoms with van der Waals surface area (Å²) in [6.45, 7) is 0.890. The molecule has 5 rings (SSSR count). The summed E-state index contributed by atoms with van der Waals surface area (Å²) in [7, 11) is 0. The lowest BCUT2D eigenvalue weighted by molar-refractivity contribution is 0.0694. The van der Waals surface area contributed by atoms with E-state index in [2.05, 4.69) is 0 Å². The molecule has 2 aliphatic carbocycles. The number of alkyl halides is 1. The predicted molar refractivity (Wildman–Crippen MR) is 109 cm³/mol. The maximum Gasteiger partial charge on any atom is 0.341 e. The number of halogens is 2. The number of rotatable bonds is 3. The maximum absolute atomic E-state index is 15.4. The molecular weight excluding hydrogens is 406 g/mol. The zero-order valence-electron chi connectivity index (χ0n) is 16.8. The molecule has 4 atom stereocenters. The third kappa shape index (κ3) is 2.92. The van der Waals surface area contributed by atoms with E-state index >= 15 is 4.39 Å². The van der Waals surface area contributed by atoms with Crippen molar-refractivity contribution in [1.82, 2.24) is 4.57 Å². The number of aromatic carboxylic acids is 1. The summed E-state index contributed by atoms with van der Waals surface area (Å²) in [5, 5.41) is 19.2. The van der Waals surface area contributed by atoms with Crippen LogP contribution in [-0.4, -0.2) is 40.4 Å². The standard InChI is InChI=1S/C22H22F2N4O3/c23-15-6-17(15)28-9-14(21(30)31)20(29)12-5-16(24)19(13(7-25)18(12)28)27-8-11-3-1-2-4-22(11,26)10-27/h5,9,11,15,17H,1-4,6,8,10,26H2,(H,30,31)/t11-,15-,17+,22+/m0/s1. The van der Waals surface area contributed by atoms with E-state index in [-0.39, 0.29) is 34.5 Å². The highest BCUT2D eigenvalue weighted by molar-refractivity contribution is 5.96. The van der Waals surface area contributed by atoms with Gasteiger partial charge in [0.2, 0.25) is 5.43 Å². The molecule has 0 radical (unpaired) electrons. The van der Waals surface area contributed by atoms with Gasteiger partial charge in [-0.2, -0.15) is 5.26 Å². The molecule has 1 aromatic heterocycles. The van der Waals surface area contributed by atoms with Crippen molar-refractivity contribution >= 4 is 22.6 Å². The topological polar surface area (TPSA) is 112 Å². The normalized spacial score (nSPS) is 29.6. The third-order valence-corrected chi connectivity index (χ3v) is 7.12. The van der Waals surface area contributed by atoms with E-state index < -0.39 is 40.5 Å². The molecule has 3 N–H and O–H groups in total. The number of carbonyl (C=O) groups is 1. The van der Waals surface area contributed by atoms with Crippen molar-refractivity contribution in [3.63, 3.8) is 0 Å². The molecule has 1 aliphatic heterocycles. The molecule has 1 aromatic carbocycles. The van der Waals surface area contributed by atoms with E-state index in [0.29, 0.717) is 13.1 Å². The van der Waals surface area contributed by atoms with Crippen molar-refractivity contribution in [1.29, 1.82) is 5.26 Å². The quantitative estimate of drug-likeness (QED) is 0.777. The Morgan fingerprint density at radius 3 is 2.74 bits per heavy atom. The van der Waals surface area contributed by atoms with Gasteiger partial charge in [-0.25, -0.2) is 13.6 Å². The van der Waals surface area contributed by atoms with Crippen LogP contribution < -0.4 is 16.1 Å². The summed E-state index contributed by atoms with van der Waals surface area (Å²) in [4.78, 5) is 26.1. The number of nitrogens with zero attached hydrogens (tertiary/aromatic N) is 3. The average molecular weight is 428 g/mol. The van der Waals surface area contributed by atoms with E-state index in [1.807, 2.05) is 6.07 Å². The van der Waals surface area contributed by atoms with E-state index in [1.165, 1.54) is 4.57 Å². The van der Waals surface area contributed by atoms with E-state index in [4.69, 9.17) is 5.73 Å². The Labute approximate surface area is 176 Å². The van der Waals surface area contributed by atoms with E-state index in [1.54, 1.807) is 4.90 Å². The summed E-state index contributed by atoms with van der Waals surface area (Å²) in [6.07, 6.45) is 3.82. The number of carboxylic acid groups (broad SMARTS) is 1. The molecule has 31 heavy (non-hydrogen) atoms. The van der Waals surface area contributed by atoms with Crippen LogP contribution in [0.5, 0.6) is 0 Å². The lowest BCUT2D eigenvalue weighted by Crippen LogP contribution is -2.49. The number of nitriles is 1. The Balaban J connectivity index is 1.75. The van der Waals surface area contributed by atoms with Gasteiger partial charge in [-0.1, -0.05) is 12.8 Å². The van der Waals surface area contributed by atoms with Gasteiger partial charge >= 0.3 is 5.97 Å². The number of hydrogen-bond donors (Lipinski definition) is 2. The van der Waals surface area contributed by atoms with Crippen molar-refractivity contribution in [2.45, 2.75) is 49.9 Å². The first kappa shape index (κ1) is 19.9. The number of anilines is 1. The van der Waals surface area contributed by atoms with Gasteiger partial charge in [-0.05, 0) is 24.8 Å². The van der Waals surface area contributed by atoms with Crippen molar-refractivity contribution < 1.29 is 18.7 Å². The molecule has 2 saturated carbocycles. The number of benzene rings is 1. The van der Waals surface area contributed by atoms with Crippen LogP contribution in [0.15, 0.2) is 17.1 Å². The first-order chi connectivity index (χ1) is 14.7. The van der Waals surface area contributed by atoms with Gasteiger partial charge in [0, 0.05) is 31.2 Å². The Kier molecular flexibility index (Phi) is 4.35. The molecule has 3 fully saturated rings. The largest absolute Gasteiger partial charge is 0.477 e. The molecular formula is C22H22F2N4O3. The fourth-order valence-electron chi connectivity index (χ4n) is 5.42. The fourth-order valence-corrected chi connectivity index (χ4v) is 5.42. The van der Waals surface area contributed by atoms with E-state index in [9.17, 15) is 24.3 Å². The van der Waals surface area contributed by atoms with Crippen LogP contribution in [0.2, 0.25) is 0 Å². The average Bonchev–Trinajstić information content (AvgIpc) is 3.33. The summed E-state index contributed by atoms with van der Waals surface area (Å²) < 4.78 is 30.6. The number of nitrogens with two attached hydrogens (primary N) is 1. The number of aromatic nitrogens is 1. The summed E-state index contributed by atoms with van der Waals surface area (Å²) in [5.41, 5.74) is 4.76. The zero-order valence-corrected chi connectivity index (χ0v) is 16.8. The fraction of sp³-hybridized carbons (Fsp3) is 0.500. The van der Waals surface area contributed by atoms with Gasteiger partial charge in [-0.3, -0.25) is 4.79 Å². The lowest BCUT2D eigenvalue weighted by Gasteiger charge is -2.34. The number of pyridine rings is 1. The smallest absolute Gasteiger partial charge is 0.341 e. The molecule has 7 nitrogen and oxygen atoms in total. The molecule has 2 aromatic rings. The minimum absolute atomic E-state index is 0.0570. The Morgan fingerprint density at radius 2 is 2.13 bits per heavy atom. The van der Waals surface area contributed by atoms with Gasteiger partial charge in [0.1, 0.15) is 29.2 Å². The summed E-state index contributed by atoms with van der Waals surface area (Å²) in [6, 6.07) is 2.31. The molecule has 9 heteroatoms. The van der Waals surface area contributed by atoms with Crippen molar-refractivity contribution in [2.24, 2.45) is 11.7 Å². The van der Waals surface area contributed by atoms with Crippen LogP contribution in [0.4, 0.5) is 14.5 Å². The van der Waals surface area contributed by atoms with Crippen LogP contribution in [-0.2, 0) is 0 Å². The predicted octanol–water partition coefficient (Wildman–Crippen LogP) is 2.70. The van der Waals surface area contributed by atoms with Crippen LogP contribution in [0.1, 0.15) is 54.1 Å². The Hall–Kier alpha value is -2.99. The van der Waals surface area contributed by atoms with Gasteiger partial charge in [-0.15, -0.1) is 0 Å². The second-order valence-electron chi connectivity index (χ2n) is 9.05. The van der Waals surface area contributed by atoms with Gasteiger partial charge in [0.25, 0.3) is 0 Å². The molecule has 0 spiro atoms. The maximum atomic E-state index is 15.4. The first-order valence-electron chi connectivity index (χ1n) is 10.5. The Morgan fingerprint density at radius 1 is 1.39 bits per heavy atom. The molecule has 2 heterocycles. The zero-order chi connectivity index (χ0) is 22.1. The highest BCUT2D eigenvalue weighted by atomic mass is 19.1. The summed E-state index contributed by atoms with van der Waals surface area (Å²) in [5.74, 6) is -2.07. The van der Waals surface area contributed by atoms with Crippen LogP contribution in [0.3, 0.4) is 0 Å². The molecule has 0 unspecified atom stereocenters. The third-order valence-electron chi connectivity index (χ3n) is 7.12. The molecule has 0 bridgehead atoms. The first-order valence-corrected chi connectivity index (χ1v) is 10.5. The Bertz CT molecular complexity index is 1220. The van der Waals surface area contributed by atoms with Crippen molar-refractivity contribution in [3.8, 4) is 6.07 Å². The van der Waals surface area contributed by atoms with Gasteiger partial charge < -0.3 is 20.3 Å². The second-order valence-corrected chi connectivity index (χ2v) is 9.05. The van der Waals surface area contributed by atoms with Crippen LogP contribution >= 0.6 is 0 Å². The lowest BCUT2D eigenvalue weighted by atomic mass is 9.76. The highest BCUT2D eigenvalue weighted by Crippen LogP contribution is 2.45. The molecule has 1 saturated heterocycles. The SMILES string of the molecule is N#Cc1c(N2C[C@@H]3CCCC[C@@]3(N)C2)c(F)cc2c(=O)c(C(=O)O)cn([C@@H]3C[C@@H]3F)c12. The number of fused-ring (bicyclic) bond motifs is 2. The molecule has 162 valence electrons. The summed E-state index contributed by atoms with van der Waals surface area (Å²) >= 11 is 0. The highest BCUT2D eigenvalue weighted by Gasteiger charge is 2.46. The van der Waals surface area contributed by atoms with Gasteiger partial charge in [0.05, 0.1) is 22.6 Å². The molecule has 3 aliphatic rings. The number of carboxylic acids is 1.